The summed E-state index contributed by atoms with van der Waals surface area (Å²) in [6, 6.07) is 16.7. The van der Waals surface area contributed by atoms with Gasteiger partial charge in [-0.15, -0.1) is 0 Å². The molecule has 110 valence electrons. The highest BCUT2D eigenvalue weighted by Crippen LogP contribution is 2.25. The molecule has 0 spiro atoms. The molecule has 3 nitrogen and oxygen atoms in total. The van der Waals surface area contributed by atoms with E-state index in [4.69, 9.17) is 4.74 Å². The van der Waals surface area contributed by atoms with Crippen molar-refractivity contribution < 1.29 is 9.84 Å². The molecule has 0 amide bonds. The van der Waals surface area contributed by atoms with Gasteiger partial charge >= 0.3 is 0 Å². The van der Waals surface area contributed by atoms with E-state index in [0.29, 0.717) is 0 Å². The molecule has 2 aromatic carbocycles. The van der Waals surface area contributed by atoms with Crippen LogP contribution in [-0.4, -0.2) is 24.4 Å². The highest BCUT2D eigenvalue weighted by molar-refractivity contribution is 5.39. The number of hydrogen-bond acceptors (Lipinski definition) is 3. The fourth-order valence-corrected chi connectivity index (χ4v) is 2.71. The lowest BCUT2D eigenvalue weighted by molar-refractivity contribution is 0.241. The molecule has 0 saturated carbocycles. The monoisotopic (exact) mass is 283 g/mol. The lowest BCUT2D eigenvalue weighted by Crippen LogP contribution is -2.34. The van der Waals surface area contributed by atoms with E-state index >= 15 is 0 Å². The van der Waals surface area contributed by atoms with E-state index < -0.39 is 0 Å². The van der Waals surface area contributed by atoms with Gasteiger partial charge in [0.2, 0.25) is 0 Å². The van der Waals surface area contributed by atoms with Crippen LogP contribution in [0.3, 0.4) is 0 Å². The summed E-state index contributed by atoms with van der Waals surface area (Å²) < 4.78 is 5.52. The predicted molar refractivity (Wildman–Crippen MR) is 83.5 cm³/mol. The van der Waals surface area contributed by atoms with E-state index in [1.165, 1.54) is 16.7 Å². The molecule has 1 aliphatic heterocycles. The number of fused-ring (bicyclic) bond motifs is 1. The summed E-state index contributed by atoms with van der Waals surface area (Å²) in [7, 11) is 0. The predicted octanol–water partition coefficient (Wildman–Crippen LogP) is 2.31. The zero-order valence-electron chi connectivity index (χ0n) is 12.1. The van der Waals surface area contributed by atoms with Crippen molar-refractivity contribution in [2.45, 2.75) is 25.4 Å². The van der Waals surface area contributed by atoms with E-state index in [9.17, 15) is 5.11 Å². The molecule has 21 heavy (non-hydrogen) atoms. The first kappa shape index (κ1) is 14.1. The largest absolute Gasteiger partial charge is 0.493 e. The number of nitrogens with one attached hydrogen (secondary N) is 1. The summed E-state index contributed by atoms with van der Waals surface area (Å²) >= 11 is 0. The molecule has 3 heteroatoms. The lowest BCUT2D eigenvalue weighted by atomic mass is 10.1. The van der Waals surface area contributed by atoms with Crippen molar-refractivity contribution in [1.29, 1.82) is 0 Å². The fraction of sp³-hybridized carbons (Fsp3) is 0.333. The molecule has 1 unspecified atom stereocenters. The molecule has 1 atom stereocenters. The van der Waals surface area contributed by atoms with Gasteiger partial charge in [0.25, 0.3) is 0 Å². The van der Waals surface area contributed by atoms with Crippen LogP contribution >= 0.6 is 0 Å². The van der Waals surface area contributed by atoms with E-state index in [-0.39, 0.29) is 12.6 Å². The summed E-state index contributed by atoms with van der Waals surface area (Å²) in [6.07, 6.45) is 1.84. The maximum Gasteiger partial charge on any atom is 0.122 e. The Bertz CT molecular complexity index is 583. The number of ether oxygens (including phenoxy) is 1. The minimum atomic E-state index is 0.0805. The normalized spacial score (nSPS) is 14.5. The van der Waals surface area contributed by atoms with Crippen LogP contribution in [0.4, 0.5) is 0 Å². The Morgan fingerprint density at radius 1 is 1.10 bits per heavy atom. The Balaban J connectivity index is 1.58. The van der Waals surface area contributed by atoms with Crippen LogP contribution in [0.2, 0.25) is 0 Å². The standard InChI is InChI=1S/C18H21NO2/c20-13-17(11-14-4-2-1-3-5-14)19-12-15-6-7-18-16(10-15)8-9-21-18/h1-7,10,17,19-20H,8-9,11-13H2. The molecule has 2 N–H and O–H groups in total. The van der Waals surface area contributed by atoms with Crippen LogP contribution in [0.1, 0.15) is 16.7 Å². The van der Waals surface area contributed by atoms with Crippen molar-refractivity contribution in [3.8, 4) is 5.75 Å². The third-order valence-corrected chi connectivity index (χ3v) is 3.89. The van der Waals surface area contributed by atoms with Crippen LogP contribution in [0.5, 0.6) is 5.75 Å². The van der Waals surface area contributed by atoms with Gasteiger partial charge in [-0.3, -0.25) is 0 Å². The fourth-order valence-electron chi connectivity index (χ4n) is 2.71. The highest BCUT2D eigenvalue weighted by atomic mass is 16.5. The van der Waals surface area contributed by atoms with Crippen molar-refractivity contribution >= 4 is 0 Å². The highest BCUT2D eigenvalue weighted by Gasteiger charge is 2.13. The van der Waals surface area contributed by atoms with Crippen LogP contribution in [0.15, 0.2) is 48.5 Å². The average Bonchev–Trinajstić information content (AvgIpc) is 3.00. The summed E-state index contributed by atoms with van der Waals surface area (Å²) in [5.41, 5.74) is 3.77. The molecule has 1 heterocycles. The number of rotatable bonds is 6. The molecule has 1 aliphatic rings. The van der Waals surface area contributed by atoms with Gasteiger partial charge in [-0.05, 0) is 29.2 Å². The van der Waals surface area contributed by atoms with Crippen LogP contribution in [-0.2, 0) is 19.4 Å². The molecule has 0 radical (unpaired) electrons. The number of aliphatic hydroxyl groups is 1. The molecule has 0 aliphatic carbocycles. The Hall–Kier alpha value is -1.84. The zero-order chi connectivity index (χ0) is 14.5. The van der Waals surface area contributed by atoms with Gasteiger partial charge in [0.05, 0.1) is 13.2 Å². The molecule has 2 aromatic rings. The minimum absolute atomic E-state index is 0.0805. The average molecular weight is 283 g/mol. The van der Waals surface area contributed by atoms with Crippen LogP contribution < -0.4 is 10.1 Å². The molecule has 0 saturated heterocycles. The second-order valence-electron chi connectivity index (χ2n) is 5.49. The first-order valence-corrected chi connectivity index (χ1v) is 7.48. The number of hydrogen-bond donors (Lipinski definition) is 2. The van der Waals surface area contributed by atoms with Crippen molar-refractivity contribution in [3.05, 3.63) is 65.2 Å². The molecule has 0 fully saturated rings. The summed E-state index contributed by atoms with van der Waals surface area (Å²) in [5, 5.41) is 13.0. The van der Waals surface area contributed by atoms with E-state index in [0.717, 1.165) is 31.7 Å². The van der Waals surface area contributed by atoms with Gasteiger partial charge < -0.3 is 15.2 Å². The SMILES string of the molecule is OCC(Cc1ccccc1)NCc1ccc2c(c1)CCO2. The maximum absolute atomic E-state index is 9.54. The summed E-state index contributed by atoms with van der Waals surface area (Å²) in [5.74, 6) is 1.02. The smallest absolute Gasteiger partial charge is 0.122 e. The molecular weight excluding hydrogens is 262 g/mol. The third-order valence-electron chi connectivity index (χ3n) is 3.89. The quantitative estimate of drug-likeness (QED) is 0.855. The number of benzene rings is 2. The van der Waals surface area contributed by atoms with Crippen molar-refractivity contribution in [2.75, 3.05) is 13.2 Å². The van der Waals surface area contributed by atoms with E-state index in [1.807, 2.05) is 24.3 Å². The van der Waals surface area contributed by atoms with Gasteiger partial charge in [-0.1, -0.05) is 42.5 Å². The minimum Gasteiger partial charge on any atom is -0.493 e. The maximum atomic E-state index is 9.54. The van der Waals surface area contributed by atoms with Crippen LogP contribution in [0.25, 0.3) is 0 Å². The summed E-state index contributed by atoms with van der Waals surface area (Å²) in [6.45, 7) is 1.70. The Labute approximate surface area is 125 Å². The number of aliphatic hydroxyl groups excluding tert-OH is 1. The van der Waals surface area contributed by atoms with Gasteiger partial charge in [0.1, 0.15) is 5.75 Å². The second kappa shape index (κ2) is 6.74. The molecule has 3 rings (SSSR count). The van der Waals surface area contributed by atoms with Crippen molar-refractivity contribution in [2.24, 2.45) is 0 Å². The Morgan fingerprint density at radius 3 is 2.76 bits per heavy atom. The van der Waals surface area contributed by atoms with E-state index in [2.05, 4.69) is 29.6 Å². The van der Waals surface area contributed by atoms with Gasteiger partial charge in [-0.2, -0.15) is 0 Å². The third kappa shape index (κ3) is 3.63. The van der Waals surface area contributed by atoms with Crippen molar-refractivity contribution in [1.82, 2.24) is 5.32 Å². The Kier molecular flexibility index (Phi) is 4.53. The Morgan fingerprint density at radius 2 is 1.95 bits per heavy atom. The van der Waals surface area contributed by atoms with Crippen molar-refractivity contribution in [3.63, 3.8) is 0 Å². The topological polar surface area (TPSA) is 41.5 Å². The summed E-state index contributed by atoms with van der Waals surface area (Å²) in [4.78, 5) is 0. The second-order valence-corrected chi connectivity index (χ2v) is 5.49. The van der Waals surface area contributed by atoms with Gasteiger partial charge in [-0.25, -0.2) is 0 Å². The van der Waals surface area contributed by atoms with Gasteiger partial charge in [0, 0.05) is 19.0 Å². The molecular formula is C18H21NO2. The van der Waals surface area contributed by atoms with E-state index in [1.54, 1.807) is 0 Å². The first-order chi connectivity index (χ1) is 10.3. The zero-order valence-corrected chi connectivity index (χ0v) is 12.1. The molecule has 0 aromatic heterocycles. The van der Waals surface area contributed by atoms with Gasteiger partial charge in [0.15, 0.2) is 0 Å². The molecule has 0 bridgehead atoms. The first-order valence-electron chi connectivity index (χ1n) is 7.48. The van der Waals surface area contributed by atoms with Crippen LogP contribution in [0, 0.1) is 0 Å². The lowest BCUT2D eigenvalue weighted by Gasteiger charge is -2.16.